The largest absolute Gasteiger partial charge is 0.388 e. The lowest BCUT2D eigenvalue weighted by Gasteiger charge is -2.16. The van der Waals surface area contributed by atoms with E-state index in [1.165, 1.54) is 32.7 Å². The van der Waals surface area contributed by atoms with Crippen LogP contribution in [0.2, 0.25) is 0 Å². The normalized spacial score (nSPS) is 13.8. The van der Waals surface area contributed by atoms with Crippen molar-refractivity contribution in [1.82, 2.24) is 10.6 Å². The Hall–Kier alpha value is -6.50. The molecule has 0 aliphatic rings. The van der Waals surface area contributed by atoms with Gasteiger partial charge in [-0.25, -0.2) is 0 Å². The molecule has 4 atom stereocenters. The van der Waals surface area contributed by atoms with Crippen LogP contribution in [0.4, 0.5) is 0 Å². The van der Waals surface area contributed by atoms with E-state index in [4.69, 9.17) is 37.9 Å². The van der Waals surface area contributed by atoms with E-state index in [2.05, 4.69) is 131 Å². The highest BCUT2D eigenvalue weighted by atomic mass is 16.6. The van der Waals surface area contributed by atoms with Crippen LogP contribution < -0.4 is 10.6 Å². The summed E-state index contributed by atoms with van der Waals surface area (Å²) in [5.74, 6) is 12.0. The van der Waals surface area contributed by atoms with Gasteiger partial charge in [0.1, 0.15) is 0 Å². The van der Waals surface area contributed by atoms with Crippen LogP contribution in [-0.4, -0.2) is 153 Å². The number of carbonyl (C=O) groups is 2. The van der Waals surface area contributed by atoms with Gasteiger partial charge in [-0.05, 0) is 122 Å². The van der Waals surface area contributed by atoms with E-state index in [9.17, 15) is 19.8 Å². The molecular weight excluding hydrogens is 1110 g/mol. The average Bonchev–Trinajstić information content (AvgIpc) is 3.56. The van der Waals surface area contributed by atoms with Crippen molar-refractivity contribution in [3.63, 3.8) is 0 Å². The molecule has 0 bridgehead atoms. The Balaban J connectivity index is 0.828. The van der Waals surface area contributed by atoms with Crippen molar-refractivity contribution in [1.29, 1.82) is 0 Å². The van der Waals surface area contributed by atoms with Crippen LogP contribution in [-0.2, 0) is 60.3 Å². The van der Waals surface area contributed by atoms with E-state index in [1.807, 2.05) is 52.8 Å². The Morgan fingerprint density at radius 2 is 0.864 bits per heavy atom. The molecule has 4 N–H and O–H groups in total. The van der Waals surface area contributed by atoms with Gasteiger partial charge in [0, 0.05) is 49.4 Å². The molecule has 88 heavy (non-hydrogen) atoms. The Morgan fingerprint density at radius 1 is 0.477 bits per heavy atom. The lowest BCUT2D eigenvalue weighted by Crippen LogP contribution is -2.28. The fraction of sp³-hybridized carbons (Fsp3) is 0.486. The van der Waals surface area contributed by atoms with E-state index in [-0.39, 0.29) is 23.7 Å². The van der Waals surface area contributed by atoms with Gasteiger partial charge in [-0.1, -0.05) is 158 Å². The highest BCUT2D eigenvalue weighted by Crippen LogP contribution is 2.21. The Kier molecular flexibility index (Phi) is 39.9. The van der Waals surface area contributed by atoms with Crippen molar-refractivity contribution in [2.45, 2.75) is 105 Å². The third kappa shape index (κ3) is 34.3. The summed E-state index contributed by atoms with van der Waals surface area (Å²) in [4.78, 5) is 24.7. The first-order valence-electron chi connectivity index (χ1n) is 31.4. The molecule has 4 rings (SSSR count). The summed E-state index contributed by atoms with van der Waals surface area (Å²) in [6, 6.07) is 29.9. The minimum Gasteiger partial charge on any atom is -0.388 e. The number of amides is 2. The van der Waals surface area contributed by atoms with Gasteiger partial charge in [0.05, 0.1) is 118 Å². The third-order valence-electron chi connectivity index (χ3n) is 14.3. The zero-order valence-corrected chi connectivity index (χ0v) is 53.4. The Labute approximate surface area is 525 Å². The lowest BCUT2D eigenvalue weighted by molar-refractivity contribution is -0.118. The molecule has 0 aliphatic carbocycles. The molecule has 0 radical (unpaired) electrons. The maximum absolute atomic E-state index is 12.4. The molecule has 0 saturated heterocycles. The fourth-order valence-electron chi connectivity index (χ4n) is 8.99. The molecule has 0 aliphatic heterocycles. The summed E-state index contributed by atoms with van der Waals surface area (Å²) in [6.07, 6.45) is 20.3. The number of fused-ring (bicyclic) bond motifs is 2. The number of ether oxygens (including phenoxy) is 8. The van der Waals surface area contributed by atoms with E-state index in [0.717, 1.165) is 42.4 Å². The fourth-order valence-corrected chi connectivity index (χ4v) is 8.99. The zero-order valence-electron chi connectivity index (χ0n) is 53.4. The van der Waals surface area contributed by atoms with Gasteiger partial charge in [-0.3, -0.25) is 9.59 Å². The summed E-state index contributed by atoms with van der Waals surface area (Å²) in [5, 5.41) is 32.3. The standard InChI is InChI=1S/C74H100N2O12/c1-59(22-12-10-11-14-24-61(3)73(79)63(5)27-21-29-66-35-37-68-31-17-19-33-70(68)58-66)56-71(77)75-38-40-81-42-44-83-46-48-85-50-52-87-54-55-88-53-51-86-49-47-84-45-43-82-41-39-76-74(80)64(6)25-15-9-7-8-13-23-60(2)72(78)62(4)26-20-28-65-34-36-67-30-16-18-32-69(67)57-65/h13-14,16-19,23-27,30-37,56-58,60-61,72-73,78-79H,9,12,15,20-22,28-29,38-55H2,1-6H3,(H,75,77)(H,76,80)/b23-13+,24-14+,59-56+,62-26+,63-27+,64-25+/t60-,61-,72-,73-/m1/s1. The predicted octanol–water partition coefficient (Wildman–Crippen LogP) is 11.4. The highest BCUT2D eigenvalue weighted by Gasteiger charge is 2.14. The van der Waals surface area contributed by atoms with E-state index in [0.29, 0.717) is 150 Å². The number of hydrogen-bond acceptors (Lipinski definition) is 12. The first-order valence-corrected chi connectivity index (χ1v) is 31.4. The Bertz CT molecular complexity index is 2940. The second-order valence-electron chi connectivity index (χ2n) is 21.7. The molecule has 2 amide bonds. The molecule has 478 valence electrons. The highest BCUT2D eigenvalue weighted by molar-refractivity contribution is 5.92. The number of aryl methyl sites for hydroxylation is 2. The second kappa shape index (κ2) is 47.5. The van der Waals surface area contributed by atoms with Gasteiger partial charge in [0.15, 0.2) is 0 Å². The van der Waals surface area contributed by atoms with Gasteiger partial charge < -0.3 is 58.7 Å². The summed E-state index contributed by atoms with van der Waals surface area (Å²) in [5.41, 5.74) is 6.11. The molecule has 0 fully saturated rings. The number of aliphatic hydroxyl groups is 2. The predicted molar refractivity (Wildman–Crippen MR) is 355 cm³/mol. The average molecular weight is 1210 g/mol. The number of benzene rings is 4. The molecule has 0 heterocycles. The zero-order chi connectivity index (χ0) is 63.1. The molecule has 0 aromatic heterocycles. The first-order chi connectivity index (χ1) is 42.9. The summed E-state index contributed by atoms with van der Waals surface area (Å²) >= 11 is 0. The monoisotopic (exact) mass is 1210 g/mol. The van der Waals surface area contributed by atoms with Crippen molar-refractivity contribution < 1.29 is 57.7 Å². The molecule has 0 spiro atoms. The Morgan fingerprint density at radius 3 is 1.30 bits per heavy atom. The van der Waals surface area contributed by atoms with Crippen LogP contribution in [0.1, 0.15) is 91.2 Å². The van der Waals surface area contributed by atoms with E-state index in [1.54, 1.807) is 25.2 Å². The third-order valence-corrected chi connectivity index (χ3v) is 14.3. The number of allylic oxidation sites excluding steroid dienone is 6. The number of aliphatic hydroxyl groups excluding tert-OH is 2. The topological polar surface area (TPSA) is 172 Å². The maximum atomic E-state index is 12.4. The van der Waals surface area contributed by atoms with Gasteiger partial charge >= 0.3 is 0 Å². The minimum absolute atomic E-state index is 0.0556. The molecule has 4 aromatic rings. The van der Waals surface area contributed by atoms with Crippen molar-refractivity contribution in [2.75, 3.05) is 119 Å². The number of unbranched alkanes of at least 4 members (excludes halogenated alkanes) is 1. The van der Waals surface area contributed by atoms with Crippen molar-refractivity contribution in [3.05, 3.63) is 167 Å². The van der Waals surface area contributed by atoms with Gasteiger partial charge in [0.25, 0.3) is 0 Å². The smallest absolute Gasteiger partial charge is 0.246 e. The van der Waals surface area contributed by atoms with Crippen molar-refractivity contribution in [2.24, 2.45) is 11.8 Å². The van der Waals surface area contributed by atoms with Crippen molar-refractivity contribution >= 4 is 33.4 Å². The number of nitrogens with one attached hydrogen (secondary N) is 2. The minimum atomic E-state index is -0.560. The van der Waals surface area contributed by atoms with Gasteiger partial charge in [-0.15, -0.1) is 0 Å². The molecule has 0 unspecified atom stereocenters. The van der Waals surface area contributed by atoms with Gasteiger partial charge in [-0.2, -0.15) is 0 Å². The van der Waals surface area contributed by atoms with Crippen LogP contribution in [0.3, 0.4) is 0 Å². The van der Waals surface area contributed by atoms with Crippen molar-refractivity contribution in [3.8, 4) is 23.7 Å². The molecule has 14 heteroatoms. The molecule has 4 aromatic carbocycles. The SMILES string of the molecule is C/C(=C\C(=O)NCCOCCOCCOCCOCCOCCOCCOCCOCCNC(=O)/C(C)=C/CCC#C/C=C/[C@@H](C)[C@@H](O)/C(C)=C/CCc1ccc2ccccc2c1)CCC#C/C=C/[C@@H](C)[C@@H](O)/C(C)=C/CCc1ccc2ccccc2c1. The van der Waals surface area contributed by atoms with Crippen LogP contribution >= 0.6 is 0 Å². The maximum Gasteiger partial charge on any atom is 0.246 e. The van der Waals surface area contributed by atoms with Gasteiger partial charge in [0.2, 0.25) is 11.8 Å². The number of carbonyl (C=O) groups excluding carboxylic acids is 2. The summed E-state index contributed by atoms with van der Waals surface area (Å²) < 4.78 is 44.4. The molecular formula is C74H100N2O12. The van der Waals surface area contributed by atoms with E-state index >= 15 is 0 Å². The number of hydrogen-bond donors (Lipinski definition) is 4. The summed E-state index contributed by atoms with van der Waals surface area (Å²) in [7, 11) is 0. The second-order valence-corrected chi connectivity index (χ2v) is 21.7. The molecule has 14 nitrogen and oxygen atoms in total. The van der Waals surface area contributed by atoms with Crippen LogP contribution in [0.15, 0.2) is 156 Å². The van der Waals surface area contributed by atoms with Crippen LogP contribution in [0.25, 0.3) is 21.5 Å². The summed E-state index contributed by atoms with van der Waals surface area (Å²) in [6.45, 7) is 19.5. The van der Waals surface area contributed by atoms with Crippen LogP contribution in [0.5, 0.6) is 0 Å². The molecule has 0 saturated carbocycles. The van der Waals surface area contributed by atoms with E-state index < -0.39 is 12.2 Å². The quantitative estimate of drug-likeness (QED) is 0.0143. The van der Waals surface area contributed by atoms with Crippen LogP contribution in [0, 0.1) is 35.5 Å². The number of rotatable bonds is 45. The first kappa shape index (κ1) is 74.0. The lowest BCUT2D eigenvalue weighted by atomic mass is 9.96.